The van der Waals surface area contributed by atoms with E-state index >= 15 is 0 Å². The fourth-order valence-corrected chi connectivity index (χ4v) is 3.51. The van der Waals surface area contributed by atoms with E-state index < -0.39 is 0 Å². The molecule has 2 N–H and O–H groups in total. The highest BCUT2D eigenvalue weighted by Gasteiger charge is 2.16. The number of rotatable bonds is 5. The van der Waals surface area contributed by atoms with Crippen molar-refractivity contribution in [2.24, 2.45) is 10.9 Å². The van der Waals surface area contributed by atoms with Crippen LogP contribution >= 0.6 is 0 Å². The minimum Gasteiger partial charge on any atom is -0.376 e. The lowest BCUT2D eigenvalue weighted by Gasteiger charge is -2.32. The number of ether oxygens (including phenoxy) is 1. The van der Waals surface area contributed by atoms with E-state index in [4.69, 9.17) is 4.74 Å². The van der Waals surface area contributed by atoms with Gasteiger partial charge in [0.05, 0.1) is 6.10 Å². The number of piperidine rings is 1. The molecule has 1 aromatic rings. The molecule has 0 saturated carbocycles. The highest BCUT2D eigenvalue weighted by molar-refractivity contribution is 5.79. The predicted octanol–water partition coefficient (Wildman–Crippen LogP) is 2.77. The molecular weight excluding hydrogens is 312 g/mol. The van der Waals surface area contributed by atoms with Gasteiger partial charge in [-0.25, -0.2) is 0 Å². The maximum Gasteiger partial charge on any atom is 0.191 e. The molecule has 5 nitrogen and oxygen atoms in total. The molecule has 138 valence electrons. The van der Waals surface area contributed by atoms with Crippen molar-refractivity contribution in [2.45, 2.75) is 45.3 Å². The summed E-state index contributed by atoms with van der Waals surface area (Å²) < 4.78 is 5.64. The Hall–Kier alpha value is -1.75. The van der Waals surface area contributed by atoms with E-state index in [2.05, 4.69) is 51.7 Å². The summed E-state index contributed by atoms with van der Waals surface area (Å²) in [6.45, 7) is 7.21. The third-order valence-corrected chi connectivity index (χ3v) is 5.29. The molecule has 0 spiro atoms. The van der Waals surface area contributed by atoms with E-state index in [1.54, 1.807) is 0 Å². The molecule has 3 rings (SSSR count). The van der Waals surface area contributed by atoms with Gasteiger partial charge in [0.15, 0.2) is 5.96 Å². The van der Waals surface area contributed by atoms with E-state index in [-0.39, 0.29) is 0 Å². The highest BCUT2D eigenvalue weighted by Crippen LogP contribution is 2.23. The predicted molar refractivity (Wildman–Crippen MR) is 104 cm³/mol. The molecular formula is C20H32N4O. The van der Waals surface area contributed by atoms with E-state index in [0.717, 1.165) is 38.0 Å². The number of aliphatic imine (C=N–C) groups is 1. The first-order valence-electron chi connectivity index (χ1n) is 9.64. The summed E-state index contributed by atoms with van der Waals surface area (Å²) in [7, 11) is 1.81. The minimum atomic E-state index is 0.324. The van der Waals surface area contributed by atoms with Crippen LogP contribution in [0.15, 0.2) is 29.3 Å². The van der Waals surface area contributed by atoms with Gasteiger partial charge in [-0.3, -0.25) is 4.99 Å². The Morgan fingerprint density at radius 3 is 2.56 bits per heavy atom. The molecule has 5 heteroatoms. The molecule has 0 amide bonds. The largest absolute Gasteiger partial charge is 0.376 e. The second kappa shape index (κ2) is 9.09. The maximum atomic E-state index is 5.64. The monoisotopic (exact) mass is 344 g/mol. The van der Waals surface area contributed by atoms with Gasteiger partial charge in [-0.15, -0.1) is 0 Å². The zero-order chi connectivity index (χ0) is 17.5. The summed E-state index contributed by atoms with van der Waals surface area (Å²) in [5, 5.41) is 6.74. The molecule has 0 aromatic heterocycles. The highest BCUT2D eigenvalue weighted by atomic mass is 16.5. The van der Waals surface area contributed by atoms with Crippen molar-refractivity contribution in [2.75, 3.05) is 38.2 Å². The second-order valence-corrected chi connectivity index (χ2v) is 7.28. The first-order chi connectivity index (χ1) is 12.2. The van der Waals surface area contributed by atoms with Crippen molar-refractivity contribution in [3.63, 3.8) is 0 Å². The third kappa shape index (κ3) is 5.36. The van der Waals surface area contributed by atoms with Crippen LogP contribution in [0.3, 0.4) is 0 Å². The normalized spacial score (nSPS) is 22.2. The molecule has 25 heavy (non-hydrogen) atoms. The Balaban J connectivity index is 1.44. The second-order valence-electron chi connectivity index (χ2n) is 7.28. The zero-order valence-electron chi connectivity index (χ0n) is 15.6. The van der Waals surface area contributed by atoms with E-state index in [1.807, 2.05) is 7.05 Å². The molecule has 1 unspecified atom stereocenters. The molecule has 1 atom stereocenters. The van der Waals surface area contributed by atoms with Gasteiger partial charge in [-0.1, -0.05) is 19.1 Å². The van der Waals surface area contributed by atoms with E-state index in [9.17, 15) is 0 Å². The average Bonchev–Trinajstić information content (AvgIpc) is 3.17. The van der Waals surface area contributed by atoms with Crippen LogP contribution in [0.25, 0.3) is 0 Å². The summed E-state index contributed by atoms with van der Waals surface area (Å²) >= 11 is 0. The molecule has 1 aromatic carbocycles. The number of guanidine groups is 1. The quantitative estimate of drug-likeness (QED) is 0.637. The number of hydrogen-bond donors (Lipinski definition) is 2. The van der Waals surface area contributed by atoms with Crippen LogP contribution in [0.1, 0.15) is 38.2 Å². The van der Waals surface area contributed by atoms with Crippen molar-refractivity contribution in [3.05, 3.63) is 29.8 Å². The maximum absolute atomic E-state index is 5.64. The molecule has 0 aliphatic carbocycles. The number of hydrogen-bond acceptors (Lipinski definition) is 3. The van der Waals surface area contributed by atoms with Gasteiger partial charge in [-0.2, -0.15) is 0 Å². The number of nitrogens with zero attached hydrogens (tertiary/aromatic N) is 2. The van der Waals surface area contributed by atoms with E-state index in [1.165, 1.54) is 43.6 Å². The lowest BCUT2D eigenvalue weighted by atomic mass is 9.99. The Kier molecular flexibility index (Phi) is 6.56. The molecule has 0 radical (unpaired) electrons. The first-order valence-corrected chi connectivity index (χ1v) is 9.64. The Labute approximate surface area is 151 Å². The summed E-state index contributed by atoms with van der Waals surface area (Å²) in [5.41, 5.74) is 2.62. The van der Waals surface area contributed by atoms with Crippen LogP contribution in [-0.4, -0.2) is 45.4 Å². The summed E-state index contributed by atoms with van der Waals surface area (Å²) in [5.74, 6) is 1.71. The summed E-state index contributed by atoms with van der Waals surface area (Å²) in [6.07, 6.45) is 5.23. The molecule has 2 heterocycles. The van der Waals surface area contributed by atoms with Crippen molar-refractivity contribution in [3.8, 4) is 0 Å². The molecule has 2 aliphatic heterocycles. The Bertz CT molecular complexity index is 543. The van der Waals surface area contributed by atoms with Crippen LogP contribution < -0.4 is 15.5 Å². The summed E-state index contributed by atoms with van der Waals surface area (Å²) in [4.78, 5) is 6.79. The fraction of sp³-hybridized carbons (Fsp3) is 0.650. The molecule has 2 aliphatic rings. The van der Waals surface area contributed by atoms with Gasteiger partial charge < -0.3 is 20.3 Å². The Morgan fingerprint density at radius 1 is 1.16 bits per heavy atom. The lowest BCUT2D eigenvalue weighted by molar-refractivity contribution is 0.114. The van der Waals surface area contributed by atoms with Gasteiger partial charge in [0.25, 0.3) is 0 Å². The fourth-order valence-electron chi connectivity index (χ4n) is 3.51. The molecule has 2 fully saturated rings. The van der Waals surface area contributed by atoms with Gasteiger partial charge >= 0.3 is 0 Å². The van der Waals surface area contributed by atoms with Gasteiger partial charge in [0.1, 0.15) is 0 Å². The smallest absolute Gasteiger partial charge is 0.191 e. The van der Waals surface area contributed by atoms with Crippen molar-refractivity contribution in [1.82, 2.24) is 10.6 Å². The van der Waals surface area contributed by atoms with Crippen LogP contribution in [0.4, 0.5) is 5.69 Å². The van der Waals surface area contributed by atoms with E-state index in [0.29, 0.717) is 6.10 Å². The van der Waals surface area contributed by atoms with Crippen LogP contribution in [-0.2, 0) is 11.3 Å². The standard InChI is InChI=1S/C20H32N4O/c1-16-9-11-24(12-10-16)18-7-5-17(6-8-18)14-22-20(21-2)23-15-19-4-3-13-25-19/h5-8,16,19H,3-4,9-15H2,1-2H3,(H2,21,22,23). The molecule has 2 saturated heterocycles. The number of nitrogens with one attached hydrogen (secondary N) is 2. The first kappa shape index (κ1) is 18.1. The van der Waals surface area contributed by atoms with Crippen LogP contribution in [0.2, 0.25) is 0 Å². The number of anilines is 1. The number of benzene rings is 1. The van der Waals surface area contributed by atoms with Crippen molar-refractivity contribution in [1.29, 1.82) is 0 Å². The summed E-state index contributed by atoms with van der Waals surface area (Å²) in [6, 6.07) is 8.92. The SMILES string of the molecule is CN=C(NCc1ccc(N2CCC(C)CC2)cc1)NCC1CCCO1. The van der Waals surface area contributed by atoms with Crippen molar-refractivity contribution >= 4 is 11.6 Å². The zero-order valence-corrected chi connectivity index (χ0v) is 15.6. The topological polar surface area (TPSA) is 48.9 Å². The lowest BCUT2D eigenvalue weighted by Crippen LogP contribution is -2.40. The van der Waals surface area contributed by atoms with Gasteiger partial charge in [0, 0.05) is 45.5 Å². The van der Waals surface area contributed by atoms with Gasteiger partial charge in [-0.05, 0) is 49.3 Å². The van der Waals surface area contributed by atoms with Crippen LogP contribution in [0.5, 0.6) is 0 Å². The van der Waals surface area contributed by atoms with Crippen LogP contribution in [0, 0.1) is 5.92 Å². The minimum absolute atomic E-state index is 0.324. The Morgan fingerprint density at radius 2 is 1.92 bits per heavy atom. The van der Waals surface area contributed by atoms with Crippen molar-refractivity contribution < 1.29 is 4.74 Å². The molecule has 0 bridgehead atoms. The van der Waals surface area contributed by atoms with Gasteiger partial charge in [0.2, 0.25) is 0 Å². The third-order valence-electron chi connectivity index (χ3n) is 5.29. The average molecular weight is 345 g/mol.